The maximum Gasteiger partial charge on any atom is 0.161 e. The lowest BCUT2D eigenvalue weighted by atomic mass is 9.96. The van der Waals surface area contributed by atoms with Crippen LogP contribution in [0.1, 0.15) is 42.3 Å². The molecule has 0 atom stereocenters. The Labute approximate surface area is 125 Å². The molecule has 0 aliphatic carbocycles. The Hall–Kier alpha value is -1.60. The summed E-state index contributed by atoms with van der Waals surface area (Å²) in [5, 5.41) is 0.521. The van der Waals surface area contributed by atoms with E-state index in [1.54, 1.807) is 6.07 Å². The van der Waals surface area contributed by atoms with Crippen molar-refractivity contribution >= 4 is 17.4 Å². The van der Waals surface area contributed by atoms with Crippen LogP contribution in [0.25, 0.3) is 11.1 Å². The zero-order chi connectivity index (χ0) is 14.7. The maximum atomic E-state index is 11.4. The van der Waals surface area contributed by atoms with Gasteiger partial charge in [-0.05, 0) is 54.2 Å². The molecule has 0 aliphatic rings. The molecule has 20 heavy (non-hydrogen) atoms. The molecule has 0 heterocycles. The molecule has 0 aromatic heterocycles. The van der Waals surface area contributed by atoms with Gasteiger partial charge in [0, 0.05) is 5.56 Å². The van der Waals surface area contributed by atoms with Crippen LogP contribution in [0.15, 0.2) is 36.4 Å². The maximum absolute atomic E-state index is 11.4. The van der Waals surface area contributed by atoms with Gasteiger partial charge in [-0.2, -0.15) is 0 Å². The van der Waals surface area contributed by atoms with Gasteiger partial charge in [0.2, 0.25) is 0 Å². The lowest BCUT2D eigenvalue weighted by molar-refractivity contribution is 0.101. The van der Waals surface area contributed by atoms with E-state index in [4.69, 9.17) is 11.6 Å². The number of rotatable bonds is 4. The molecule has 0 saturated heterocycles. The molecule has 0 aliphatic heterocycles. The van der Waals surface area contributed by atoms with Crippen molar-refractivity contribution in [2.24, 2.45) is 0 Å². The molecule has 1 nitrogen and oxygen atoms in total. The predicted molar refractivity (Wildman–Crippen MR) is 85.6 cm³/mol. The minimum absolute atomic E-state index is 0.00266. The van der Waals surface area contributed by atoms with Crippen LogP contribution >= 0.6 is 11.6 Å². The molecule has 0 N–H and O–H groups in total. The monoisotopic (exact) mass is 286 g/mol. The highest BCUT2D eigenvalue weighted by Gasteiger charge is 2.08. The van der Waals surface area contributed by atoms with Crippen molar-refractivity contribution in [1.82, 2.24) is 0 Å². The highest BCUT2D eigenvalue weighted by atomic mass is 35.5. The van der Waals surface area contributed by atoms with Gasteiger partial charge < -0.3 is 0 Å². The summed E-state index contributed by atoms with van der Waals surface area (Å²) in [5.74, 6) is -0.00266. The smallest absolute Gasteiger partial charge is 0.161 e. The Bertz CT molecular complexity index is 644. The summed E-state index contributed by atoms with van der Waals surface area (Å²) in [4.78, 5) is 11.4. The van der Waals surface area contributed by atoms with Gasteiger partial charge in [0.1, 0.15) is 0 Å². The predicted octanol–water partition coefficient (Wildman–Crippen LogP) is 5.33. The number of benzene rings is 2. The van der Waals surface area contributed by atoms with Gasteiger partial charge >= 0.3 is 0 Å². The second kappa shape index (κ2) is 6.23. The fourth-order valence-electron chi connectivity index (χ4n) is 2.46. The van der Waals surface area contributed by atoms with Crippen molar-refractivity contribution < 1.29 is 4.79 Å². The summed E-state index contributed by atoms with van der Waals surface area (Å²) < 4.78 is 0. The van der Waals surface area contributed by atoms with Crippen LogP contribution in [0.4, 0.5) is 0 Å². The third-order valence-electron chi connectivity index (χ3n) is 3.65. The van der Waals surface area contributed by atoms with Crippen molar-refractivity contribution in [3.63, 3.8) is 0 Å². The average molecular weight is 287 g/mol. The molecular formula is C18H19ClO. The summed E-state index contributed by atoms with van der Waals surface area (Å²) in [5.41, 5.74) is 5.55. The average Bonchev–Trinajstić information content (AvgIpc) is 2.45. The van der Waals surface area contributed by atoms with Gasteiger partial charge in [-0.3, -0.25) is 4.79 Å². The molecule has 104 valence electrons. The lowest BCUT2D eigenvalue weighted by Crippen LogP contribution is -1.94. The Balaban J connectivity index is 2.46. The molecule has 0 fully saturated rings. The van der Waals surface area contributed by atoms with Gasteiger partial charge in [-0.25, -0.2) is 0 Å². The minimum atomic E-state index is -0.00266. The lowest BCUT2D eigenvalue weighted by Gasteiger charge is -2.10. The van der Waals surface area contributed by atoms with Gasteiger partial charge in [-0.1, -0.05) is 49.7 Å². The topological polar surface area (TPSA) is 17.1 Å². The quantitative estimate of drug-likeness (QED) is 0.694. The van der Waals surface area contributed by atoms with Crippen LogP contribution in [0.2, 0.25) is 5.02 Å². The van der Waals surface area contributed by atoms with Crippen LogP contribution in [0.5, 0.6) is 0 Å². The second-order valence-electron chi connectivity index (χ2n) is 4.94. The molecular weight excluding hydrogens is 268 g/mol. The molecule has 2 aromatic rings. The Morgan fingerprint density at radius 3 is 2.10 bits per heavy atom. The first-order valence-corrected chi connectivity index (χ1v) is 7.37. The highest BCUT2D eigenvalue weighted by molar-refractivity contribution is 6.34. The Morgan fingerprint density at radius 1 is 0.950 bits per heavy atom. The fraction of sp³-hybridized carbons (Fsp3) is 0.278. The SMILES string of the molecule is CCc1ccc(-c2ccc(C(C)=O)c(Cl)c2)cc1CC. The Kier molecular flexibility index (Phi) is 4.61. The van der Waals surface area contributed by atoms with E-state index >= 15 is 0 Å². The summed E-state index contributed by atoms with van der Waals surface area (Å²) in [6.45, 7) is 5.88. The van der Waals surface area contributed by atoms with E-state index in [9.17, 15) is 4.79 Å². The minimum Gasteiger partial charge on any atom is -0.294 e. The molecule has 2 rings (SSSR count). The summed E-state index contributed by atoms with van der Waals surface area (Å²) in [6, 6.07) is 12.2. The van der Waals surface area contributed by atoms with Gasteiger partial charge in [-0.15, -0.1) is 0 Å². The number of aryl methyl sites for hydroxylation is 2. The van der Waals surface area contributed by atoms with Gasteiger partial charge in [0.05, 0.1) is 5.02 Å². The first kappa shape index (κ1) is 14.8. The summed E-state index contributed by atoms with van der Waals surface area (Å²) in [7, 11) is 0. The third-order valence-corrected chi connectivity index (χ3v) is 3.96. The molecule has 0 amide bonds. The number of carbonyl (C=O) groups excluding carboxylic acids is 1. The van der Waals surface area contributed by atoms with Crippen molar-refractivity contribution in [2.45, 2.75) is 33.6 Å². The molecule has 0 saturated carbocycles. The van der Waals surface area contributed by atoms with E-state index in [1.807, 2.05) is 12.1 Å². The number of hydrogen-bond donors (Lipinski definition) is 0. The Morgan fingerprint density at radius 2 is 1.55 bits per heavy atom. The molecule has 0 bridgehead atoms. The van der Waals surface area contributed by atoms with E-state index < -0.39 is 0 Å². The zero-order valence-corrected chi connectivity index (χ0v) is 12.9. The first-order valence-electron chi connectivity index (χ1n) is 6.99. The molecule has 0 unspecified atom stereocenters. The molecule has 0 radical (unpaired) electrons. The number of Topliss-reactive ketones (excluding diaryl/α,β-unsaturated/α-hetero) is 1. The first-order chi connectivity index (χ1) is 9.56. The standard InChI is InChI=1S/C18H19ClO/c1-4-13-6-7-15(10-14(13)5-2)16-8-9-17(12(3)20)18(19)11-16/h6-11H,4-5H2,1-3H3. The van der Waals surface area contributed by atoms with E-state index in [1.165, 1.54) is 18.1 Å². The zero-order valence-electron chi connectivity index (χ0n) is 12.2. The van der Waals surface area contributed by atoms with Crippen molar-refractivity contribution in [2.75, 3.05) is 0 Å². The van der Waals surface area contributed by atoms with Crippen LogP contribution in [0, 0.1) is 0 Å². The van der Waals surface area contributed by atoms with Gasteiger partial charge in [0.15, 0.2) is 5.78 Å². The van der Waals surface area contributed by atoms with Crippen LogP contribution in [0.3, 0.4) is 0 Å². The van der Waals surface area contributed by atoms with Crippen molar-refractivity contribution in [1.29, 1.82) is 0 Å². The summed E-state index contributed by atoms with van der Waals surface area (Å²) >= 11 is 6.19. The fourth-order valence-corrected chi connectivity index (χ4v) is 2.77. The summed E-state index contributed by atoms with van der Waals surface area (Å²) in [6.07, 6.45) is 2.07. The van der Waals surface area contributed by atoms with Crippen molar-refractivity contribution in [3.05, 3.63) is 58.1 Å². The normalized spacial score (nSPS) is 10.6. The van der Waals surface area contributed by atoms with Crippen LogP contribution in [-0.4, -0.2) is 5.78 Å². The number of ketones is 1. The van der Waals surface area contributed by atoms with Crippen molar-refractivity contribution in [3.8, 4) is 11.1 Å². The number of carbonyl (C=O) groups is 1. The van der Waals surface area contributed by atoms with E-state index in [0.29, 0.717) is 10.6 Å². The largest absolute Gasteiger partial charge is 0.294 e. The second-order valence-corrected chi connectivity index (χ2v) is 5.35. The van der Waals surface area contributed by atoms with Crippen LogP contribution in [-0.2, 0) is 12.8 Å². The molecule has 2 heteroatoms. The number of hydrogen-bond acceptors (Lipinski definition) is 1. The molecule has 2 aromatic carbocycles. The van der Waals surface area contributed by atoms with E-state index in [2.05, 4.69) is 32.0 Å². The van der Waals surface area contributed by atoms with Gasteiger partial charge in [0.25, 0.3) is 0 Å². The van der Waals surface area contributed by atoms with E-state index in [0.717, 1.165) is 24.0 Å². The molecule has 0 spiro atoms. The number of halogens is 1. The van der Waals surface area contributed by atoms with Crippen LogP contribution < -0.4 is 0 Å². The third kappa shape index (κ3) is 2.94. The van der Waals surface area contributed by atoms with E-state index in [-0.39, 0.29) is 5.78 Å². The highest BCUT2D eigenvalue weighted by Crippen LogP contribution is 2.28.